The van der Waals surface area contributed by atoms with Gasteiger partial charge in [-0.25, -0.2) is 9.18 Å². The van der Waals surface area contributed by atoms with Crippen LogP contribution in [-0.4, -0.2) is 22.2 Å². The first-order valence-corrected chi connectivity index (χ1v) is 10.1. The molecule has 4 rings (SSSR count). The Balaban J connectivity index is 1.68. The molecular formula is C24H23FN2O3. The van der Waals surface area contributed by atoms with Gasteiger partial charge in [0, 0.05) is 36.4 Å². The van der Waals surface area contributed by atoms with Crippen molar-refractivity contribution >= 4 is 17.3 Å². The SMILES string of the molecule is O=C(O)c1ccc(N(Cc2cccnc2)c2ccc(F)c(OC3CCCC3)c2)cc1. The van der Waals surface area contributed by atoms with E-state index in [1.165, 1.54) is 6.07 Å². The lowest BCUT2D eigenvalue weighted by molar-refractivity contribution is 0.0697. The molecule has 1 aliphatic carbocycles. The number of aromatic carboxylic acids is 1. The minimum atomic E-state index is -0.977. The molecule has 2 aromatic carbocycles. The summed E-state index contributed by atoms with van der Waals surface area (Å²) in [5, 5.41) is 9.19. The first-order chi connectivity index (χ1) is 14.6. The minimum Gasteiger partial charge on any atom is -0.487 e. The lowest BCUT2D eigenvalue weighted by Crippen LogP contribution is -2.18. The molecule has 0 aliphatic heterocycles. The summed E-state index contributed by atoms with van der Waals surface area (Å²) in [7, 11) is 0. The minimum absolute atomic E-state index is 0.0522. The van der Waals surface area contributed by atoms with Gasteiger partial charge in [0.2, 0.25) is 0 Å². The van der Waals surface area contributed by atoms with E-state index in [0.29, 0.717) is 6.54 Å². The zero-order chi connectivity index (χ0) is 20.9. The summed E-state index contributed by atoms with van der Waals surface area (Å²) in [6.45, 7) is 0.495. The van der Waals surface area contributed by atoms with Gasteiger partial charge >= 0.3 is 5.97 Å². The molecule has 1 fully saturated rings. The average Bonchev–Trinajstić information content (AvgIpc) is 3.28. The van der Waals surface area contributed by atoms with Crippen LogP contribution in [0.15, 0.2) is 67.0 Å². The standard InChI is InChI=1S/C24H23FN2O3/c25-22-12-11-20(14-23(22)30-21-5-1-2-6-21)27(16-17-4-3-13-26-15-17)19-9-7-18(8-10-19)24(28)29/h3-4,7-15,21H,1-2,5-6,16H2,(H,28,29). The maximum atomic E-state index is 14.4. The lowest BCUT2D eigenvalue weighted by Gasteiger charge is -2.26. The molecule has 1 aliphatic rings. The number of carbonyl (C=O) groups is 1. The Hall–Kier alpha value is -3.41. The lowest BCUT2D eigenvalue weighted by atomic mass is 10.1. The highest BCUT2D eigenvalue weighted by Crippen LogP contribution is 2.33. The zero-order valence-corrected chi connectivity index (χ0v) is 16.5. The number of hydrogen-bond donors (Lipinski definition) is 1. The van der Waals surface area contributed by atoms with E-state index in [-0.39, 0.29) is 23.2 Å². The second-order valence-corrected chi connectivity index (χ2v) is 7.44. The van der Waals surface area contributed by atoms with Crippen LogP contribution >= 0.6 is 0 Å². The van der Waals surface area contributed by atoms with Crippen molar-refractivity contribution in [1.82, 2.24) is 4.98 Å². The summed E-state index contributed by atoms with van der Waals surface area (Å²) in [6, 6.07) is 15.3. The Morgan fingerprint density at radius 1 is 1.10 bits per heavy atom. The highest BCUT2D eigenvalue weighted by atomic mass is 19.1. The molecule has 0 unspecified atom stereocenters. The monoisotopic (exact) mass is 406 g/mol. The predicted octanol–water partition coefficient (Wildman–Crippen LogP) is 5.58. The van der Waals surface area contributed by atoms with Crippen LogP contribution in [-0.2, 0) is 6.54 Å². The summed E-state index contributed by atoms with van der Waals surface area (Å²) in [6.07, 6.45) is 7.64. The number of carboxylic acids is 1. The molecule has 0 saturated heterocycles. The van der Waals surface area contributed by atoms with Crippen LogP contribution in [0.5, 0.6) is 5.75 Å². The van der Waals surface area contributed by atoms with E-state index in [1.807, 2.05) is 17.0 Å². The fourth-order valence-corrected chi connectivity index (χ4v) is 3.73. The number of carboxylic acid groups (broad SMARTS) is 1. The zero-order valence-electron chi connectivity index (χ0n) is 16.5. The van der Waals surface area contributed by atoms with Crippen molar-refractivity contribution in [2.75, 3.05) is 4.90 Å². The Labute approximate surface area is 174 Å². The van der Waals surface area contributed by atoms with Gasteiger partial charge in [0.15, 0.2) is 11.6 Å². The van der Waals surface area contributed by atoms with E-state index >= 15 is 0 Å². The van der Waals surface area contributed by atoms with Crippen LogP contribution in [0.2, 0.25) is 0 Å². The van der Waals surface area contributed by atoms with Crippen molar-refractivity contribution in [3.05, 3.63) is 83.9 Å². The summed E-state index contributed by atoms with van der Waals surface area (Å²) >= 11 is 0. The highest BCUT2D eigenvalue weighted by molar-refractivity contribution is 5.88. The fraction of sp³-hybridized carbons (Fsp3) is 0.250. The number of ether oxygens (including phenoxy) is 1. The normalized spacial score (nSPS) is 13.9. The third-order valence-electron chi connectivity index (χ3n) is 5.31. The molecule has 0 atom stereocenters. The molecule has 0 spiro atoms. The van der Waals surface area contributed by atoms with E-state index in [2.05, 4.69) is 4.98 Å². The number of anilines is 2. The van der Waals surface area contributed by atoms with Gasteiger partial charge in [0.25, 0.3) is 0 Å². The van der Waals surface area contributed by atoms with E-state index in [1.54, 1.807) is 48.8 Å². The van der Waals surface area contributed by atoms with Gasteiger partial charge in [-0.1, -0.05) is 6.07 Å². The van der Waals surface area contributed by atoms with Crippen molar-refractivity contribution < 1.29 is 19.0 Å². The number of rotatable bonds is 7. The number of hydrogen-bond acceptors (Lipinski definition) is 4. The molecule has 0 amide bonds. The second kappa shape index (κ2) is 8.95. The summed E-state index contributed by atoms with van der Waals surface area (Å²) in [5.74, 6) is -1.11. The fourth-order valence-electron chi connectivity index (χ4n) is 3.73. The number of pyridine rings is 1. The number of halogens is 1. The molecule has 154 valence electrons. The summed E-state index contributed by atoms with van der Waals surface area (Å²) < 4.78 is 20.4. The van der Waals surface area contributed by atoms with Crippen molar-refractivity contribution in [1.29, 1.82) is 0 Å². The number of nitrogens with zero attached hydrogens (tertiary/aromatic N) is 2. The highest BCUT2D eigenvalue weighted by Gasteiger charge is 2.20. The van der Waals surface area contributed by atoms with Crippen LogP contribution in [0.3, 0.4) is 0 Å². The molecule has 1 heterocycles. The van der Waals surface area contributed by atoms with Gasteiger partial charge in [-0.3, -0.25) is 4.98 Å². The number of aromatic nitrogens is 1. The average molecular weight is 406 g/mol. The van der Waals surface area contributed by atoms with Gasteiger partial charge in [0.1, 0.15) is 0 Å². The Morgan fingerprint density at radius 3 is 2.50 bits per heavy atom. The van der Waals surface area contributed by atoms with Crippen LogP contribution < -0.4 is 9.64 Å². The molecule has 0 bridgehead atoms. The predicted molar refractivity (Wildman–Crippen MR) is 113 cm³/mol. The van der Waals surface area contributed by atoms with E-state index < -0.39 is 5.97 Å². The van der Waals surface area contributed by atoms with Crippen LogP contribution in [0.25, 0.3) is 0 Å². The molecular weight excluding hydrogens is 383 g/mol. The van der Waals surface area contributed by atoms with Gasteiger partial charge in [-0.15, -0.1) is 0 Å². The second-order valence-electron chi connectivity index (χ2n) is 7.44. The van der Waals surface area contributed by atoms with Crippen molar-refractivity contribution in [2.24, 2.45) is 0 Å². The van der Waals surface area contributed by atoms with E-state index in [9.17, 15) is 14.3 Å². The molecule has 1 N–H and O–H groups in total. The Kier molecular flexibility index (Phi) is 5.93. The van der Waals surface area contributed by atoms with Crippen LogP contribution in [0, 0.1) is 5.82 Å². The van der Waals surface area contributed by atoms with Crippen LogP contribution in [0.4, 0.5) is 15.8 Å². The maximum absolute atomic E-state index is 14.4. The smallest absolute Gasteiger partial charge is 0.335 e. The molecule has 3 aromatic rings. The van der Waals surface area contributed by atoms with Crippen LogP contribution in [0.1, 0.15) is 41.6 Å². The maximum Gasteiger partial charge on any atom is 0.335 e. The van der Waals surface area contributed by atoms with Crippen molar-refractivity contribution in [3.8, 4) is 5.75 Å². The molecule has 30 heavy (non-hydrogen) atoms. The van der Waals surface area contributed by atoms with Gasteiger partial charge in [0.05, 0.1) is 11.7 Å². The molecule has 1 saturated carbocycles. The van der Waals surface area contributed by atoms with Gasteiger partial charge in [-0.2, -0.15) is 0 Å². The molecule has 5 nitrogen and oxygen atoms in total. The topological polar surface area (TPSA) is 62.7 Å². The van der Waals surface area contributed by atoms with Crippen molar-refractivity contribution in [3.63, 3.8) is 0 Å². The Morgan fingerprint density at radius 2 is 1.83 bits per heavy atom. The quantitative estimate of drug-likeness (QED) is 0.555. The summed E-state index contributed by atoms with van der Waals surface area (Å²) in [5.41, 5.74) is 2.74. The number of benzene rings is 2. The summed E-state index contributed by atoms with van der Waals surface area (Å²) in [4.78, 5) is 17.4. The molecule has 1 aromatic heterocycles. The van der Waals surface area contributed by atoms with E-state index in [4.69, 9.17) is 4.74 Å². The van der Waals surface area contributed by atoms with Gasteiger partial charge < -0.3 is 14.7 Å². The molecule has 0 radical (unpaired) electrons. The third kappa shape index (κ3) is 4.59. The Bertz CT molecular complexity index is 1000. The third-order valence-corrected chi connectivity index (χ3v) is 5.31. The first-order valence-electron chi connectivity index (χ1n) is 10.1. The van der Waals surface area contributed by atoms with Gasteiger partial charge in [-0.05, 0) is 73.7 Å². The molecule has 6 heteroatoms. The largest absolute Gasteiger partial charge is 0.487 e. The first kappa shape index (κ1) is 19.9. The van der Waals surface area contributed by atoms with Crippen molar-refractivity contribution in [2.45, 2.75) is 38.3 Å². The van der Waals surface area contributed by atoms with E-state index in [0.717, 1.165) is 42.6 Å².